The highest BCUT2D eigenvalue weighted by Crippen LogP contribution is 2.28. The van der Waals surface area contributed by atoms with Gasteiger partial charge < -0.3 is 14.4 Å². The lowest BCUT2D eigenvalue weighted by Crippen LogP contribution is -2.45. The van der Waals surface area contributed by atoms with Crippen LogP contribution in [0, 0.1) is 5.92 Å². The molecule has 0 aromatic heterocycles. The van der Waals surface area contributed by atoms with Crippen LogP contribution in [-0.2, 0) is 16.1 Å². The lowest BCUT2D eigenvalue weighted by Gasteiger charge is -2.31. The zero-order valence-electron chi connectivity index (χ0n) is 13.7. The minimum atomic E-state index is -0.592. The summed E-state index contributed by atoms with van der Waals surface area (Å²) in [6, 6.07) is 4.89. The summed E-state index contributed by atoms with van der Waals surface area (Å²) in [6.07, 6.45) is 1.76. The molecule has 2 atom stereocenters. The van der Waals surface area contributed by atoms with E-state index >= 15 is 0 Å². The SMILES string of the molecule is C[C@H]1COc2cc(C(=O)NO)ccc2CN1C(=O)[C@@H]1CCCOC1. The van der Waals surface area contributed by atoms with E-state index in [9.17, 15) is 9.59 Å². The van der Waals surface area contributed by atoms with Crippen LogP contribution in [0.25, 0.3) is 0 Å². The van der Waals surface area contributed by atoms with E-state index in [1.807, 2.05) is 11.8 Å². The lowest BCUT2D eigenvalue weighted by molar-refractivity contribution is -0.142. The van der Waals surface area contributed by atoms with E-state index in [1.165, 1.54) is 0 Å². The second kappa shape index (κ2) is 7.19. The van der Waals surface area contributed by atoms with Gasteiger partial charge in [0, 0.05) is 24.3 Å². The minimum Gasteiger partial charge on any atom is -0.491 e. The first-order valence-corrected chi connectivity index (χ1v) is 8.18. The molecule has 2 N–H and O–H groups in total. The number of rotatable bonds is 2. The van der Waals surface area contributed by atoms with Gasteiger partial charge in [0.15, 0.2) is 0 Å². The van der Waals surface area contributed by atoms with Crippen LogP contribution < -0.4 is 10.2 Å². The van der Waals surface area contributed by atoms with E-state index in [4.69, 9.17) is 14.7 Å². The molecule has 0 unspecified atom stereocenters. The van der Waals surface area contributed by atoms with E-state index in [0.717, 1.165) is 25.0 Å². The fourth-order valence-electron chi connectivity index (χ4n) is 3.13. The van der Waals surface area contributed by atoms with Crippen molar-refractivity contribution < 1.29 is 24.3 Å². The maximum absolute atomic E-state index is 12.8. The minimum absolute atomic E-state index is 0.0676. The lowest BCUT2D eigenvalue weighted by atomic mass is 9.99. The van der Waals surface area contributed by atoms with Crippen LogP contribution in [0.1, 0.15) is 35.7 Å². The first kappa shape index (κ1) is 16.7. The largest absolute Gasteiger partial charge is 0.491 e. The van der Waals surface area contributed by atoms with Gasteiger partial charge in [-0.1, -0.05) is 6.07 Å². The standard InChI is InChI=1S/C17H22N2O5/c1-11-9-24-15-7-12(16(20)18-22)4-5-13(15)8-19(11)17(21)14-3-2-6-23-10-14/h4-5,7,11,14,22H,2-3,6,8-10H2,1H3,(H,18,20)/t11-,14+/m0/s1. The third kappa shape index (κ3) is 3.37. The average Bonchev–Trinajstić information content (AvgIpc) is 2.80. The molecule has 2 amide bonds. The Bertz CT molecular complexity index is 627. The Morgan fingerprint density at radius 3 is 2.88 bits per heavy atom. The number of carbonyl (C=O) groups excluding carboxylic acids is 2. The molecule has 1 aromatic carbocycles. The van der Waals surface area contributed by atoms with Crippen molar-refractivity contribution >= 4 is 11.8 Å². The Kier molecular flexibility index (Phi) is 5.01. The maximum atomic E-state index is 12.8. The van der Waals surface area contributed by atoms with Crippen molar-refractivity contribution in [3.8, 4) is 5.75 Å². The fraction of sp³-hybridized carbons (Fsp3) is 0.529. The summed E-state index contributed by atoms with van der Waals surface area (Å²) in [5.41, 5.74) is 2.77. The van der Waals surface area contributed by atoms with Crippen LogP contribution in [0.4, 0.5) is 0 Å². The van der Waals surface area contributed by atoms with Gasteiger partial charge in [-0.05, 0) is 31.9 Å². The summed E-state index contributed by atoms with van der Waals surface area (Å²) in [5.74, 6) is -0.0258. The number of ether oxygens (including phenoxy) is 2. The zero-order chi connectivity index (χ0) is 17.1. The zero-order valence-corrected chi connectivity index (χ0v) is 13.7. The Morgan fingerprint density at radius 1 is 1.33 bits per heavy atom. The van der Waals surface area contributed by atoms with Gasteiger partial charge in [-0.25, -0.2) is 5.48 Å². The molecular formula is C17H22N2O5. The van der Waals surface area contributed by atoms with Crippen molar-refractivity contribution in [2.24, 2.45) is 5.92 Å². The Labute approximate surface area is 140 Å². The number of fused-ring (bicyclic) bond motifs is 1. The highest BCUT2D eigenvalue weighted by Gasteiger charge is 2.32. The van der Waals surface area contributed by atoms with E-state index in [0.29, 0.717) is 31.1 Å². The summed E-state index contributed by atoms with van der Waals surface area (Å²) in [5, 5.41) is 8.74. The first-order valence-electron chi connectivity index (χ1n) is 8.18. The number of hydroxylamine groups is 1. The smallest absolute Gasteiger partial charge is 0.274 e. The molecule has 7 heteroatoms. The molecular weight excluding hydrogens is 312 g/mol. The highest BCUT2D eigenvalue weighted by molar-refractivity contribution is 5.93. The third-order valence-electron chi connectivity index (χ3n) is 4.58. The van der Waals surface area contributed by atoms with E-state index in [-0.39, 0.29) is 17.9 Å². The fourth-order valence-corrected chi connectivity index (χ4v) is 3.13. The molecule has 0 radical (unpaired) electrons. The molecule has 130 valence electrons. The summed E-state index contributed by atoms with van der Waals surface area (Å²) >= 11 is 0. The molecule has 1 fully saturated rings. The molecule has 1 aromatic rings. The summed E-state index contributed by atoms with van der Waals surface area (Å²) < 4.78 is 11.2. The summed E-state index contributed by atoms with van der Waals surface area (Å²) in [6.45, 7) is 3.95. The van der Waals surface area contributed by atoms with Crippen molar-refractivity contribution in [2.45, 2.75) is 32.4 Å². The van der Waals surface area contributed by atoms with Crippen molar-refractivity contribution in [1.29, 1.82) is 0 Å². The first-order chi connectivity index (χ1) is 11.6. The molecule has 3 rings (SSSR count). The van der Waals surface area contributed by atoms with E-state index in [1.54, 1.807) is 23.7 Å². The van der Waals surface area contributed by atoms with Gasteiger partial charge in [0.2, 0.25) is 5.91 Å². The number of hydrogen-bond acceptors (Lipinski definition) is 5. The number of nitrogens with one attached hydrogen (secondary N) is 1. The molecule has 2 aliphatic heterocycles. The number of amides is 2. The number of benzene rings is 1. The predicted molar refractivity (Wildman–Crippen MR) is 84.7 cm³/mol. The normalized spacial score (nSPS) is 23.7. The Balaban J connectivity index is 1.81. The van der Waals surface area contributed by atoms with Crippen molar-refractivity contribution in [2.75, 3.05) is 19.8 Å². The van der Waals surface area contributed by atoms with Gasteiger partial charge in [-0.15, -0.1) is 0 Å². The van der Waals surface area contributed by atoms with Gasteiger partial charge in [-0.2, -0.15) is 0 Å². The van der Waals surface area contributed by atoms with E-state index < -0.39 is 5.91 Å². The van der Waals surface area contributed by atoms with Gasteiger partial charge in [0.1, 0.15) is 12.4 Å². The molecule has 24 heavy (non-hydrogen) atoms. The second-order valence-corrected chi connectivity index (χ2v) is 6.30. The van der Waals surface area contributed by atoms with Gasteiger partial charge in [0.05, 0.1) is 18.6 Å². The molecule has 2 heterocycles. The molecule has 7 nitrogen and oxygen atoms in total. The Morgan fingerprint density at radius 2 is 2.17 bits per heavy atom. The molecule has 2 aliphatic rings. The monoisotopic (exact) mass is 334 g/mol. The van der Waals surface area contributed by atoms with Crippen molar-refractivity contribution in [1.82, 2.24) is 10.4 Å². The van der Waals surface area contributed by atoms with Crippen molar-refractivity contribution in [3.05, 3.63) is 29.3 Å². The molecule has 0 saturated carbocycles. The van der Waals surface area contributed by atoms with Crippen LogP contribution in [0.2, 0.25) is 0 Å². The highest BCUT2D eigenvalue weighted by atomic mass is 16.5. The number of nitrogens with zero attached hydrogens (tertiary/aromatic N) is 1. The van der Waals surface area contributed by atoms with Gasteiger partial charge in [0.25, 0.3) is 5.91 Å². The van der Waals surface area contributed by atoms with Crippen molar-refractivity contribution in [3.63, 3.8) is 0 Å². The summed E-state index contributed by atoms with van der Waals surface area (Å²) in [4.78, 5) is 26.2. The second-order valence-electron chi connectivity index (χ2n) is 6.30. The molecule has 0 bridgehead atoms. The van der Waals surface area contributed by atoms with Crippen LogP contribution in [0.15, 0.2) is 18.2 Å². The Hall–Kier alpha value is -2.12. The van der Waals surface area contributed by atoms with Gasteiger partial charge >= 0.3 is 0 Å². The topological polar surface area (TPSA) is 88.1 Å². The van der Waals surface area contributed by atoms with Crippen LogP contribution in [-0.4, -0.2) is 47.8 Å². The van der Waals surface area contributed by atoms with Gasteiger partial charge in [-0.3, -0.25) is 14.8 Å². The maximum Gasteiger partial charge on any atom is 0.274 e. The molecule has 0 aliphatic carbocycles. The number of hydrogen-bond donors (Lipinski definition) is 2. The van der Waals surface area contributed by atoms with Crippen LogP contribution in [0.5, 0.6) is 5.75 Å². The predicted octanol–water partition coefficient (Wildman–Crippen LogP) is 1.34. The summed E-state index contributed by atoms with van der Waals surface area (Å²) in [7, 11) is 0. The van der Waals surface area contributed by atoms with Crippen LogP contribution >= 0.6 is 0 Å². The third-order valence-corrected chi connectivity index (χ3v) is 4.58. The molecule has 0 spiro atoms. The quantitative estimate of drug-likeness (QED) is 0.629. The van der Waals surface area contributed by atoms with E-state index in [2.05, 4.69) is 0 Å². The average molecular weight is 334 g/mol. The van der Waals surface area contributed by atoms with Crippen LogP contribution in [0.3, 0.4) is 0 Å². The molecule has 1 saturated heterocycles. The number of carbonyl (C=O) groups is 2.